The average Bonchev–Trinajstić information content (AvgIpc) is 3.73. The monoisotopic (exact) mass is 877 g/mol. The van der Waals surface area contributed by atoms with Crippen molar-refractivity contribution in [3.05, 3.63) is 283 Å². The first kappa shape index (κ1) is 40.2. The van der Waals surface area contributed by atoms with Crippen LogP contribution in [0.3, 0.4) is 0 Å². The van der Waals surface area contributed by atoms with Crippen LogP contribution < -0.4 is 0 Å². The maximum Gasteiger partial charge on any atom is 0.164 e. The Bertz CT molecular complexity index is 3830. The van der Waals surface area contributed by atoms with Crippen molar-refractivity contribution >= 4 is 21.5 Å². The van der Waals surface area contributed by atoms with Gasteiger partial charge in [-0.25, -0.2) is 15.0 Å². The Morgan fingerprint density at radius 2 is 0.652 bits per heavy atom. The fourth-order valence-electron chi connectivity index (χ4n) is 10.7. The van der Waals surface area contributed by atoms with E-state index in [9.17, 15) is 0 Å². The lowest BCUT2D eigenvalue weighted by molar-refractivity contribution is 0.769. The number of rotatable bonds is 8. The first-order chi connectivity index (χ1) is 34.2. The van der Waals surface area contributed by atoms with Crippen LogP contribution in [0.2, 0.25) is 0 Å². The van der Waals surface area contributed by atoms with Crippen LogP contribution in [0.4, 0.5) is 0 Å². The van der Waals surface area contributed by atoms with Crippen molar-refractivity contribution in [2.24, 2.45) is 0 Å². The van der Waals surface area contributed by atoms with E-state index in [4.69, 9.17) is 15.0 Å². The number of nitrogens with zero attached hydrogens (tertiary/aromatic N) is 3. The Hall–Kier alpha value is -9.05. The van der Waals surface area contributed by atoms with Crippen LogP contribution in [0.1, 0.15) is 22.3 Å². The summed E-state index contributed by atoms with van der Waals surface area (Å²) in [7, 11) is 0. The second-order valence-corrected chi connectivity index (χ2v) is 17.9. The fraction of sp³-hybridized carbons (Fsp3) is 0.0152. The molecule has 0 spiro atoms. The molecular formula is C66H43N3. The van der Waals surface area contributed by atoms with Crippen LogP contribution in [-0.4, -0.2) is 15.0 Å². The zero-order chi connectivity index (χ0) is 45.7. The predicted molar refractivity (Wildman–Crippen MR) is 285 cm³/mol. The van der Waals surface area contributed by atoms with Gasteiger partial charge in [0.15, 0.2) is 17.5 Å². The normalized spacial score (nSPS) is 12.5. The molecule has 12 aromatic rings. The third-order valence-corrected chi connectivity index (χ3v) is 14.0. The molecule has 0 saturated heterocycles. The molecule has 1 aliphatic rings. The van der Waals surface area contributed by atoms with Crippen LogP contribution in [0.5, 0.6) is 0 Å². The molecule has 0 saturated carbocycles. The minimum atomic E-state index is -0.460. The molecule has 0 N–H and O–H groups in total. The highest BCUT2D eigenvalue weighted by molar-refractivity contribution is 6.04. The van der Waals surface area contributed by atoms with Gasteiger partial charge in [-0.3, -0.25) is 0 Å². The van der Waals surface area contributed by atoms with E-state index < -0.39 is 5.41 Å². The zero-order valence-electron chi connectivity index (χ0n) is 37.7. The third-order valence-electron chi connectivity index (χ3n) is 14.0. The van der Waals surface area contributed by atoms with E-state index >= 15 is 0 Å². The standard InChI is InChI=1S/C66H43N3/c1-5-17-44(18-6-1)45-29-31-47(32-30-45)63-67-64(69-65(68-63)60-40-39-55(46-19-7-2-8-20-46)56-25-13-14-26-57(56)60)52-36-35-48-41-49(33-34-50(48)42-52)51-37-38-59-58-27-15-16-28-61(58)66(62(59)43-51,53-21-9-3-10-22-53)54-23-11-4-12-24-54/h1-43H. The molecular weight excluding hydrogens is 835 g/mol. The summed E-state index contributed by atoms with van der Waals surface area (Å²) in [4.78, 5) is 15.7. The molecule has 0 bridgehead atoms. The Labute approximate surface area is 401 Å². The summed E-state index contributed by atoms with van der Waals surface area (Å²) in [5.74, 6) is 1.89. The molecule has 3 nitrogen and oxygen atoms in total. The lowest BCUT2D eigenvalue weighted by atomic mass is 9.67. The molecule has 1 aromatic heterocycles. The van der Waals surface area contributed by atoms with Gasteiger partial charge >= 0.3 is 0 Å². The molecule has 0 atom stereocenters. The van der Waals surface area contributed by atoms with E-state index in [1.165, 1.54) is 61.2 Å². The minimum absolute atomic E-state index is 0.460. The summed E-state index contributed by atoms with van der Waals surface area (Å²) >= 11 is 0. The van der Waals surface area contributed by atoms with Gasteiger partial charge in [-0.2, -0.15) is 0 Å². The first-order valence-corrected chi connectivity index (χ1v) is 23.6. The number of aromatic nitrogens is 3. The highest BCUT2D eigenvalue weighted by Crippen LogP contribution is 2.56. The van der Waals surface area contributed by atoms with Crippen molar-refractivity contribution in [2.75, 3.05) is 0 Å². The topological polar surface area (TPSA) is 38.7 Å². The highest BCUT2D eigenvalue weighted by Gasteiger charge is 2.46. The lowest BCUT2D eigenvalue weighted by Gasteiger charge is -2.34. The van der Waals surface area contributed by atoms with Crippen molar-refractivity contribution in [1.29, 1.82) is 0 Å². The molecule has 13 rings (SSSR count). The smallest absolute Gasteiger partial charge is 0.164 e. The highest BCUT2D eigenvalue weighted by atomic mass is 15.0. The van der Waals surface area contributed by atoms with Gasteiger partial charge in [0.2, 0.25) is 0 Å². The van der Waals surface area contributed by atoms with E-state index in [-0.39, 0.29) is 0 Å². The van der Waals surface area contributed by atoms with Crippen molar-refractivity contribution in [2.45, 2.75) is 5.41 Å². The second kappa shape index (κ2) is 16.7. The van der Waals surface area contributed by atoms with Gasteiger partial charge in [-0.1, -0.05) is 237 Å². The first-order valence-electron chi connectivity index (χ1n) is 23.6. The Morgan fingerprint density at radius 1 is 0.232 bits per heavy atom. The van der Waals surface area contributed by atoms with Crippen molar-refractivity contribution < 1.29 is 0 Å². The van der Waals surface area contributed by atoms with Crippen LogP contribution in [0.15, 0.2) is 261 Å². The Morgan fingerprint density at radius 3 is 1.33 bits per heavy atom. The fourth-order valence-corrected chi connectivity index (χ4v) is 10.7. The van der Waals surface area contributed by atoms with Gasteiger partial charge in [0.25, 0.3) is 0 Å². The van der Waals surface area contributed by atoms with E-state index in [2.05, 4.69) is 255 Å². The van der Waals surface area contributed by atoms with E-state index in [1.54, 1.807) is 0 Å². The van der Waals surface area contributed by atoms with Gasteiger partial charge in [-0.15, -0.1) is 0 Å². The summed E-state index contributed by atoms with van der Waals surface area (Å²) < 4.78 is 0. The minimum Gasteiger partial charge on any atom is -0.208 e. The average molecular weight is 878 g/mol. The number of fused-ring (bicyclic) bond motifs is 5. The Balaban J connectivity index is 0.922. The molecule has 322 valence electrons. The molecule has 69 heavy (non-hydrogen) atoms. The van der Waals surface area contributed by atoms with E-state index in [0.29, 0.717) is 17.5 Å². The molecule has 0 unspecified atom stereocenters. The zero-order valence-corrected chi connectivity index (χ0v) is 37.7. The summed E-state index contributed by atoms with van der Waals surface area (Å²) in [5.41, 5.74) is 17.0. The number of hydrogen-bond acceptors (Lipinski definition) is 3. The van der Waals surface area contributed by atoms with Crippen molar-refractivity contribution in [3.8, 4) is 78.7 Å². The molecule has 0 amide bonds. The number of hydrogen-bond donors (Lipinski definition) is 0. The quantitative estimate of drug-likeness (QED) is 0.153. The van der Waals surface area contributed by atoms with Crippen LogP contribution in [-0.2, 0) is 5.41 Å². The van der Waals surface area contributed by atoms with E-state index in [1.807, 2.05) is 6.07 Å². The predicted octanol–water partition coefficient (Wildman–Crippen LogP) is 16.5. The summed E-state index contributed by atoms with van der Waals surface area (Å²) in [6.45, 7) is 0. The molecule has 0 aliphatic heterocycles. The van der Waals surface area contributed by atoms with E-state index in [0.717, 1.165) is 43.8 Å². The molecule has 0 fully saturated rings. The molecule has 1 heterocycles. The summed E-state index contributed by atoms with van der Waals surface area (Å²) in [6, 6.07) is 93.8. The third kappa shape index (κ3) is 6.86. The largest absolute Gasteiger partial charge is 0.208 e. The van der Waals surface area contributed by atoms with Gasteiger partial charge in [0.1, 0.15) is 0 Å². The second-order valence-electron chi connectivity index (χ2n) is 17.9. The molecule has 3 heteroatoms. The van der Waals surface area contributed by atoms with Crippen LogP contribution >= 0.6 is 0 Å². The maximum atomic E-state index is 5.28. The van der Waals surface area contributed by atoms with Gasteiger partial charge in [0, 0.05) is 16.7 Å². The number of benzene rings is 11. The van der Waals surface area contributed by atoms with Crippen LogP contribution in [0.25, 0.3) is 100 Å². The lowest BCUT2D eigenvalue weighted by Crippen LogP contribution is -2.28. The van der Waals surface area contributed by atoms with Crippen molar-refractivity contribution in [3.63, 3.8) is 0 Å². The maximum absolute atomic E-state index is 5.28. The van der Waals surface area contributed by atoms with Gasteiger partial charge < -0.3 is 0 Å². The van der Waals surface area contributed by atoms with Crippen LogP contribution in [0, 0.1) is 0 Å². The Kier molecular flexibility index (Phi) is 9.73. The SMILES string of the molecule is c1ccc(-c2ccc(-c3nc(-c4ccc5cc(-c6ccc7c(c6)C(c6ccccc6)(c6ccccc6)c6ccccc6-7)ccc5c4)nc(-c4ccc(-c5ccccc5)c5ccccc45)n3)cc2)cc1. The summed E-state index contributed by atoms with van der Waals surface area (Å²) in [6.07, 6.45) is 0. The molecule has 11 aromatic carbocycles. The molecule has 1 aliphatic carbocycles. The van der Waals surface area contributed by atoms with Crippen molar-refractivity contribution in [1.82, 2.24) is 15.0 Å². The van der Waals surface area contributed by atoms with Gasteiger partial charge in [-0.05, 0) is 113 Å². The van der Waals surface area contributed by atoms with Gasteiger partial charge in [0.05, 0.1) is 5.41 Å². The molecule has 0 radical (unpaired) electrons. The summed E-state index contributed by atoms with van der Waals surface area (Å²) in [5, 5.41) is 4.50.